The first-order valence-corrected chi connectivity index (χ1v) is 19.3. The first-order chi connectivity index (χ1) is 25.6. The van der Waals surface area contributed by atoms with E-state index in [4.69, 9.17) is 14.3 Å². The van der Waals surface area contributed by atoms with E-state index < -0.39 is 87.0 Å². The molecular weight excluding hydrogens is 728 g/mol. The number of cyclic esters (lactones) is 1. The summed E-state index contributed by atoms with van der Waals surface area (Å²) in [6.45, 7) is 4.95. The van der Waals surface area contributed by atoms with Gasteiger partial charge < -0.3 is 29.8 Å². The lowest BCUT2D eigenvalue weighted by Crippen LogP contribution is -2.60. The molecule has 2 saturated carbocycles. The Morgan fingerprint density at radius 3 is 2.35 bits per heavy atom. The number of hydrogen-bond acceptors (Lipinski definition) is 10. The predicted octanol–water partition coefficient (Wildman–Crippen LogP) is 3.24. The minimum absolute atomic E-state index is 0.132. The van der Waals surface area contributed by atoms with E-state index in [1.165, 1.54) is 4.90 Å². The number of alkyl carbamates (subject to hydrolysis) is 1. The van der Waals surface area contributed by atoms with E-state index >= 15 is 0 Å². The van der Waals surface area contributed by atoms with Crippen molar-refractivity contribution in [1.29, 1.82) is 0 Å². The van der Waals surface area contributed by atoms with Crippen LogP contribution in [0.5, 0.6) is 5.75 Å². The van der Waals surface area contributed by atoms with E-state index in [-0.39, 0.29) is 26.2 Å². The number of hydrogen-bond donors (Lipinski definition) is 3. The average Bonchev–Trinajstić information content (AvgIpc) is 4.03. The van der Waals surface area contributed by atoms with Crippen molar-refractivity contribution < 1.29 is 50.7 Å². The Bertz CT molecular complexity index is 2050. The van der Waals surface area contributed by atoms with Gasteiger partial charge in [-0.3, -0.25) is 19.1 Å². The maximum atomic E-state index is 14.4. The van der Waals surface area contributed by atoms with Crippen LogP contribution in [-0.4, -0.2) is 98.0 Å². The topological polar surface area (TPSA) is 182 Å². The van der Waals surface area contributed by atoms with E-state index in [1.54, 1.807) is 32.9 Å². The second kappa shape index (κ2) is 14.0. The van der Waals surface area contributed by atoms with E-state index in [0.29, 0.717) is 24.3 Å². The van der Waals surface area contributed by atoms with Gasteiger partial charge in [0.15, 0.2) is 0 Å². The average molecular weight is 770 g/mol. The highest BCUT2D eigenvalue weighted by Gasteiger charge is 2.67. The van der Waals surface area contributed by atoms with Gasteiger partial charge in [-0.25, -0.2) is 22.0 Å². The summed E-state index contributed by atoms with van der Waals surface area (Å²) in [5.74, 6) is -4.04. The molecule has 0 spiro atoms. The summed E-state index contributed by atoms with van der Waals surface area (Å²) in [4.78, 5) is 62.0. The Morgan fingerprint density at radius 2 is 1.69 bits per heavy atom. The van der Waals surface area contributed by atoms with Gasteiger partial charge >= 0.3 is 6.09 Å². The number of alkyl halides is 2. The van der Waals surface area contributed by atoms with Crippen LogP contribution in [0.4, 0.5) is 13.6 Å². The molecule has 0 unspecified atom stereocenters. The molecule has 7 rings (SSSR count). The van der Waals surface area contributed by atoms with Crippen LogP contribution in [0.1, 0.15) is 57.6 Å². The van der Waals surface area contributed by atoms with Gasteiger partial charge in [0, 0.05) is 17.5 Å². The number of halogens is 2. The largest absolute Gasteiger partial charge is 0.490 e. The van der Waals surface area contributed by atoms with Crippen molar-refractivity contribution in [1.82, 2.24) is 20.3 Å². The Labute approximate surface area is 310 Å². The fourth-order valence-electron chi connectivity index (χ4n) is 7.12. The number of carbonyl (C=O) groups excluding carboxylic acids is 4. The normalized spacial score (nSPS) is 28.4. The summed E-state index contributed by atoms with van der Waals surface area (Å²) in [6.07, 6.45) is -1.63. The van der Waals surface area contributed by atoms with Gasteiger partial charge in [-0.2, -0.15) is 0 Å². The van der Waals surface area contributed by atoms with E-state index in [1.807, 2.05) is 47.2 Å². The SMILES string of the molecule is CC(C)(C)[C@@H]1NC(=O)OC/C=C/COc2ccc3c(c2)/C(=N\O[C@H]2C[C@@H](C(=O)N[C@]4(C(=O)NS(=O)(=O)C5CC5)C[C@H]4C(F)F)N(C2)C1=O)c1ccccc1-3. The van der Waals surface area contributed by atoms with Crippen LogP contribution in [0.15, 0.2) is 59.8 Å². The highest BCUT2D eigenvalue weighted by atomic mass is 32.2. The first kappa shape index (κ1) is 37.3. The van der Waals surface area contributed by atoms with Crippen LogP contribution in [0.2, 0.25) is 0 Å². The number of rotatable bonds is 6. The third-order valence-corrected chi connectivity index (χ3v) is 12.1. The van der Waals surface area contributed by atoms with Gasteiger partial charge in [0.1, 0.15) is 48.4 Å². The fourth-order valence-corrected chi connectivity index (χ4v) is 8.49. The van der Waals surface area contributed by atoms with E-state index in [0.717, 1.165) is 22.3 Å². The molecule has 0 aromatic heterocycles. The Hall–Kier alpha value is -5.06. The second-order valence-corrected chi connectivity index (χ2v) is 17.2. The molecule has 3 aliphatic carbocycles. The number of oxime groups is 1. The van der Waals surface area contributed by atoms with Crippen LogP contribution < -0.4 is 20.1 Å². The molecule has 2 aromatic rings. The van der Waals surface area contributed by atoms with Crippen molar-refractivity contribution in [3.63, 3.8) is 0 Å². The molecule has 2 heterocycles. The monoisotopic (exact) mass is 769 g/mol. The van der Waals surface area contributed by atoms with Gasteiger partial charge in [0.25, 0.3) is 5.91 Å². The molecule has 2 aliphatic heterocycles. The van der Waals surface area contributed by atoms with Crippen LogP contribution >= 0.6 is 0 Å². The van der Waals surface area contributed by atoms with Crippen LogP contribution in [-0.2, 0) is 34.0 Å². The third kappa shape index (κ3) is 7.24. The summed E-state index contributed by atoms with van der Waals surface area (Å²) >= 11 is 0. The highest BCUT2D eigenvalue weighted by Crippen LogP contribution is 2.48. The smallest absolute Gasteiger partial charge is 0.408 e. The molecule has 3 N–H and O–H groups in total. The van der Waals surface area contributed by atoms with E-state index in [9.17, 15) is 36.4 Å². The Balaban J connectivity index is 1.23. The molecular formula is C37H41F2N5O9S. The maximum absolute atomic E-state index is 14.4. The zero-order valence-corrected chi connectivity index (χ0v) is 30.7. The lowest BCUT2D eigenvalue weighted by atomic mass is 9.85. The molecule has 2 aromatic carbocycles. The maximum Gasteiger partial charge on any atom is 0.408 e. The lowest BCUT2D eigenvalue weighted by Gasteiger charge is -2.35. The molecule has 4 bridgehead atoms. The Kier molecular flexibility index (Phi) is 9.64. The van der Waals surface area contributed by atoms with Crippen molar-refractivity contribution in [3.05, 3.63) is 65.7 Å². The molecule has 288 valence electrons. The van der Waals surface area contributed by atoms with Crippen LogP contribution in [0.3, 0.4) is 0 Å². The van der Waals surface area contributed by atoms with Gasteiger partial charge in [-0.1, -0.05) is 50.2 Å². The number of amides is 4. The van der Waals surface area contributed by atoms with Crippen molar-refractivity contribution in [2.45, 2.75) is 81.9 Å². The molecule has 14 nitrogen and oxygen atoms in total. The minimum atomic E-state index is -4.13. The second-order valence-electron chi connectivity index (χ2n) is 15.3. The number of carbonyl (C=O) groups is 4. The van der Waals surface area contributed by atoms with Gasteiger partial charge in [-0.05, 0) is 66.2 Å². The zero-order chi connectivity index (χ0) is 38.6. The standard InChI is InChI=1S/C37H41F2N5O9S/c1-36(2,3)30-33(46)44-19-21(17-28(44)32(45)41-37(18-27(37)31(38)39)34(47)43-54(49,50)22-11-12-22)53-42-29-25-9-5-4-8-23(25)24-13-10-20(16-26(24)29)51-14-6-7-15-52-35(48)40-30/h4-10,13,16,21-22,27-28,30-31H,11-12,14-15,17-19H2,1-3H3,(H,40,48)(H,41,45)(H,43,47)/b7-6+,42-29-/t21-,27-,28-,30+,37+/m0/s1. The van der Waals surface area contributed by atoms with Crippen molar-refractivity contribution >= 4 is 39.5 Å². The number of nitrogens with zero attached hydrogens (tertiary/aromatic N) is 2. The summed E-state index contributed by atoms with van der Waals surface area (Å²) in [5, 5.41) is 8.72. The van der Waals surface area contributed by atoms with Crippen LogP contribution in [0.25, 0.3) is 11.1 Å². The zero-order valence-electron chi connectivity index (χ0n) is 29.8. The van der Waals surface area contributed by atoms with Crippen molar-refractivity contribution in [2.75, 3.05) is 19.8 Å². The molecule has 17 heteroatoms. The molecule has 3 fully saturated rings. The molecule has 4 amide bonds. The fraction of sp³-hybridized carbons (Fsp3) is 0.486. The number of sulfonamides is 1. The predicted molar refractivity (Wildman–Crippen MR) is 190 cm³/mol. The molecule has 54 heavy (non-hydrogen) atoms. The minimum Gasteiger partial charge on any atom is -0.490 e. The molecule has 5 atom stereocenters. The summed E-state index contributed by atoms with van der Waals surface area (Å²) in [7, 11) is -4.13. The van der Waals surface area contributed by atoms with Crippen molar-refractivity contribution in [3.8, 4) is 16.9 Å². The first-order valence-electron chi connectivity index (χ1n) is 17.7. The van der Waals surface area contributed by atoms with E-state index in [2.05, 4.69) is 15.8 Å². The van der Waals surface area contributed by atoms with Gasteiger partial charge in [0.05, 0.1) is 17.7 Å². The highest BCUT2D eigenvalue weighted by molar-refractivity contribution is 7.91. The Morgan fingerprint density at radius 1 is 1.00 bits per heavy atom. The summed E-state index contributed by atoms with van der Waals surface area (Å²) in [5.41, 5.74) is 0.661. The summed E-state index contributed by atoms with van der Waals surface area (Å²) < 4.78 is 66.5. The van der Waals surface area contributed by atoms with Crippen molar-refractivity contribution in [2.24, 2.45) is 16.5 Å². The molecule has 5 aliphatic rings. The quantitative estimate of drug-likeness (QED) is 0.317. The number of benzene rings is 2. The van der Waals surface area contributed by atoms with Gasteiger partial charge in [-0.15, -0.1) is 0 Å². The van der Waals surface area contributed by atoms with Crippen LogP contribution in [0, 0.1) is 11.3 Å². The lowest BCUT2D eigenvalue weighted by molar-refractivity contribution is -0.143. The number of fused-ring (bicyclic) bond motifs is 6. The molecule has 0 radical (unpaired) electrons. The van der Waals surface area contributed by atoms with Gasteiger partial charge in [0.2, 0.25) is 28.3 Å². The number of nitrogens with one attached hydrogen (secondary N) is 3. The number of ether oxygens (including phenoxy) is 2. The summed E-state index contributed by atoms with van der Waals surface area (Å²) in [6, 6.07) is 10.5. The molecule has 1 saturated heterocycles. The third-order valence-electron chi connectivity index (χ3n) is 10.3.